The van der Waals surface area contributed by atoms with Crippen molar-refractivity contribution in [1.29, 1.82) is 0 Å². The molecule has 1 heterocycles. The standard InChI is InChI=1S/C11H11NO3/c1-15-10(14)11(5-9(13)6-11)8-3-2-4-12-7-8/h2-4,7H,5-6H2,1H3. The smallest absolute Gasteiger partial charge is 0.317 e. The lowest BCUT2D eigenvalue weighted by atomic mass is 9.64. The Morgan fingerprint density at radius 3 is 2.73 bits per heavy atom. The molecule has 4 heteroatoms. The van der Waals surface area contributed by atoms with Crippen molar-refractivity contribution < 1.29 is 14.3 Å². The molecule has 1 saturated carbocycles. The van der Waals surface area contributed by atoms with Gasteiger partial charge in [-0.05, 0) is 11.6 Å². The van der Waals surface area contributed by atoms with Gasteiger partial charge >= 0.3 is 5.97 Å². The van der Waals surface area contributed by atoms with Crippen LogP contribution in [0.5, 0.6) is 0 Å². The van der Waals surface area contributed by atoms with Crippen LogP contribution in [0.15, 0.2) is 24.5 Å². The molecule has 0 unspecified atom stereocenters. The van der Waals surface area contributed by atoms with E-state index in [1.54, 1.807) is 24.5 Å². The maximum atomic E-state index is 11.7. The van der Waals surface area contributed by atoms with Gasteiger partial charge in [-0.2, -0.15) is 0 Å². The zero-order chi connectivity index (χ0) is 10.9. The molecule has 0 spiro atoms. The zero-order valence-corrected chi connectivity index (χ0v) is 8.40. The Morgan fingerprint density at radius 1 is 1.53 bits per heavy atom. The van der Waals surface area contributed by atoms with Gasteiger partial charge in [-0.15, -0.1) is 0 Å². The van der Waals surface area contributed by atoms with Crippen LogP contribution in [-0.2, 0) is 19.7 Å². The molecule has 1 aliphatic rings. The van der Waals surface area contributed by atoms with Gasteiger partial charge in [-0.3, -0.25) is 14.6 Å². The number of Topliss-reactive ketones (excluding diaryl/α,β-unsaturated/α-hetero) is 1. The largest absolute Gasteiger partial charge is 0.468 e. The van der Waals surface area contributed by atoms with Gasteiger partial charge in [0.05, 0.1) is 7.11 Å². The quantitative estimate of drug-likeness (QED) is 0.672. The summed E-state index contributed by atoms with van der Waals surface area (Å²) >= 11 is 0. The number of hydrogen-bond acceptors (Lipinski definition) is 4. The highest BCUT2D eigenvalue weighted by molar-refractivity contribution is 6.01. The summed E-state index contributed by atoms with van der Waals surface area (Å²) in [5.41, 5.74) is -0.0171. The molecule has 1 aromatic rings. The van der Waals surface area contributed by atoms with Crippen molar-refractivity contribution >= 4 is 11.8 Å². The van der Waals surface area contributed by atoms with Crippen LogP contribution in [0.25, 0.3) is 0 Å². The number of rotatable bonds is 2. The number of methoxy groups -OCH3 is 1. The van der Waals surface area contributed by atoms with Crippen molar-refractivity contribution in [2.75, 3.05) is 7.11 Å². The molecule has 0 radical (unpaired) electrons. The Labute approximate surface area is 87.3 Å². The number of ether oxygens (including phenoxy) is 1. The third kappa shape index (κ3) is 1.42. The summed E-state index contributed by atoms with van der Waals surface area (Å²) in [6.07, 6.45) is 3.70. The molecule has 15 heavy (non-hydrogen) atoms. The maximum Gasteiger partial charge on any atom is 0.317 e. The summed E-state index contributed by atoms with van der Waals surface area (Å²) in [4.78, 5) is 26.7. The predicted octanol–water partition coefficient (Wildman–Crippen LogP) is 0.855. The lowest BCUT2D eigenvalue weighted by molar-refractivity contribution is -0.156. The number of carbonyl (C=O) groups excluding carboxylic acids is 2. The number of hydrogen-bond donors (Lipinski definition) is 0. The molecule has 4 nitrogen and oxygen atoms in total. The van der Waals surface area contributed by atoms with Crippen LogP contribution in [0, 0.1) is 0 Å². The van der Waals surface area contributed by atoms with E-state index >= 15 is 0 Å². The minimum Gasteiger partial charge on any atom is -0.468 e. The number of carbonyl (C=O) groups is 2. The molecule has 1 aliphatic carbocycles. The van der Waals surface area contributed by atoms with Gasteiger partial charge in [0.1, 0.15) is 11.2 Å². The van der Waals surface area contributed by atoms with Gasteiger partial charge in [-0.25, -0.2) is 0 Å². The minimum absolute atomic E-state index is 0.0873. The third-order valence-corrected chi connectivity index (χ3v) is 2.79. The van der Waals surface area contributed by atoms with Crippen LogP contribution in [0.1, 0.15) is 18.4 Å². The molecule has 0 N–H and O–H groups in total. The van der Waals surface area contributed by atoms with E-state index in [0.29, 0.717) is 0 Å². The first kappa shape index (κ1) is 9.83. The second-order valence-electron chi connectivity index (χ2n) is 3.71. The van der Waals surface area contributed by atoms with Crippen molar-refractivity contribution in [2.45, 2.75) is 18.3 Å². The van der Waals surface area contributed by atoms with Crippen molar-refractivity contribution in [3.05, 3.63) is 30.1 Å². The fourth-order valence-corrected chi connectivity index (χ4v) is 1.93. The molecule has 1 fully saturated rings. The Kier molecular flexibility index (Phi) is 2.26. The molecule has 0 saturated heterocycles. The first-order chi connectivity index (χ1) is 7.19. The van der Waals surface area contributed by atoms with E-state index in [-0.39, 0.29) is 24.6 Å². The van der Waals surface area contributed by atoms with Crippen molar-refractivity contribution in [3.63, 3.8) is 0 Å². The lowest BCUT2D eigenvalue weighted by Gasteiger charge is -2.37. The van der Waals surface area contributed by atoms with Crippen LogP contribution >= 0.6 is 0 Å². The zero-order valence-electron chi connectivity index (χ0n) is 8.40. The van der Waals surface area contributed by atoms with Gasteiger partial charge in [0.2, 0.25) is 0 Å². The first-order valence-corrected chi connectivity index (χ1v) is 4.70. The van der Waals surface area contributed by atoms with Gasteiger partial charge in [0.15, 0.2) is 0 Å². The number of nitrogens with zero attached hydrogens (tertiary/aromatic N) is 1. The summed E-state index contributed by atoms with van der Waals surface area (Å²) in [7, 11) is 1.34. The summed E-state index contributed by atoms with van der Waals surface area (Å²) in [5.74, 6) is -0.264. The molecular formula is C11H11NO3. The maximum absolute atomic E-state index is 11.7. The average molecular weight is 205 g/mol. The average Bonchev–Trinajstić information content (AvgIpc) is 2.24. The van der Waals surface area contributed by atoms with Gasteiger partial charge in [-0.1, -0.05) is 6.07 Å². The van der Waals surface area contributed by atoms with E-state index < -0.39 is 5.41 Å². The first-order valence-electron chi connectivity index (χ1n) is 4.70. The van der Waals surface area contributed by atoms with Gasteiger partial charge in [0.25, 0.3) is 0 Å². The van der Waals surface area contributed by atoms with E-state index in [1.165, 1.54) is 7.11 Å². The van der Waals surface area contributed by atoms with E-state index in [0.717, 1.165) is 5.56 Å². The van der Waals surface area contributed by atoms with Gasteiger partial charge in [0, 0.05) is 25.2 Å². The van der Waals surface area contributed by atoms with E-state index in [9.17, 15) is 9.59 Å². The fraction of sp³-hybridized carbons (Fsp3) is 0.364. The topological polar surface area (TPSA) is 56.3 Å². The van der Waals surface area contributed by atoms with Crippen LogP contribution < -0.4 is 0 Å². The van der Waals surface area contributed by atoms with Crippen molar-refractivity contribution in [3.8, 4) is 0 Å². The molecule has 1 aromatic heterocycles. The molecule has 2 rings (SSSR count). The normalized spacial score (nSPS) is 18.1. The lowest BCUT2D eigenvalue weighted by Crippen LogP contribution is -2.49. The Hall–Kier alpha value is -1.71. The van der Waals surface area contributed by atoms with Crippen molar-refractivity contribution in [1.82, 2.24) is 4.98 Å². The number of ketones is 1. The van der Waals surface area contributed by atoms with E-state index in [2.05, 4.69) is 4.98 Å². The molecular weight excluding hydrogens is 194 g/mol. The molecule has 0 aliphatic heterocycles. The Bertz CT molecular complexity index is 392. The van der Waals surface area contributed by atoms with Crippen LogP contribution in [0.3, 0.4) is 0 Å². The molecule has 78 valence electrons. The van der Waals surface area contributed by atoms with Crippen molar-refractivity contribution in [2.24, 2.45) is 0 Å². The SMILES string of the molecule is COC(=O)C1(c2cccnc2)CC(=O)C1. The Morgan fingerprint density at radius 2 is 2.27 bits per heavy atom. The highest BCUT2D eigenvalue weighted by Gasteiger charge is 2.52. The third-order valence-electron chi connectivity index (χ3n) is 2.79. The number of pyridine rings is 1. The second kappa shape index (κ2) is 3.46. The highest BCUT2D eigenvalue weighted by Crippen LogP contribution is 2.41. The summed E-state index contributed by atoms with van der Waals surface area (Å²) < 4.78 is 4.74. The molecule has 0 aromatic carbocycles. The predicted molar refractivity (Wildman–Crippen MR) is 52.2 cm³/mol. The fourth-order valence-electron chi connectivity index (χ4n) is 1.93. The summed E-state index contributed by atoms with van der Waals surface area (Å²) in [5, 5.41) is 0. The number of esters is 1. The summed E-state index contributed by atoms with van der Waals surface area (Å²) in [6.45, 7) is 0. The second-order valence-corrected chi connectivity index (χ2v) is 3.71. The summed E-state index contributed by atoms with van der Waals surface area (Å²) in [6, 6.07) is 3.55. The molecule has 0 bridgehead atoms. The van der Waals surface area contributed by atoms with E-state index in [4.69, 9.17) is 4.74 Å². The molecule has 0 amide bonds. The molecule has 0 atom stereocenters. The Balaban J connectivity index is 2.37. The minimum atomic E-state index is -0.778. The van der Waals surface area contributed by atoms with Crippen LogP contribution in [0.2, 0.25) is 0 Å². The van der Waals surface area contributed by atoms with Gasteiger partial charge < -0.3 is 4.74 Å². The number of aromatic nitrogens is 1. The van der Waals surface area contributed by atoms with E-state index in [1.807, 2.05) is 0 Å². The van der Waals surface area contributed by atoms with Crippen LogP contribution in [0.4, 0.5) is 0 Å². The highest BCUT2D eigenvalue weighted by atomic mass is 16.5. The van der Waals surface area contributed by atoms with Crippen LogP contribution in [-0.4, -0.2) is 23.8 Å². The monoisotopic (exact) mass is 205 g/mol.